The second kappa shape index (κ2) is 7.99. The summed E-state index contributed by atoms with van der Waals surface area (Å²) in [6, 6.07) is 7.78. The van der Waals surface area contributed by atoms with Crippen LogP contribution in [0.3, 0.4) is 0 Å². The predicted octanol–water partition coefficient (Wildman–Crippen LogP) is 3.41. The van der Waals surface area contributed by atoms with Crippen LogP contribution in [0.5, 0.6) is 0 Å². The van der Waals surface area contributed by atoms with E-state index in [2.05, 4.69) is 16.2 Å². The molecular formula is C17H26ClN3O2. The van der Waals surface area contributed by atoms with Gasteiger partial charge in [-0.2, -0.15) is 0 Å². The average molecular weight is 340 g/mol. The molecule has 1 amide bonds. The fourth-order valence-corrected chi connectivity index (χ4v) is 2.89. The van der Waals surface area contributed by atoms with Crippen molar-refractivity contribution < 1.29 is 9.53 Å². The Kier molecular flexibility index (Phi) is 6.27. The lowest BCUT2D eigenvalue weighted by atomic mass is 9.86. The number of amides is 1. The van der Waals surface area contributed by atoms with E-state index in [1.165, 1.54) is 0 Å². The molecule has 5 nitrogen and oxygen atoms in total. The Morgan fingerprint density at radius 1 is 1.26 bits per heavy atom. The summed E-state index contributed by atoms with van der Waals surface area (Å²) in [5.41, 5.74) is 6.43. The second-order valence-electron chi connectivity index (χ2n) is 6.89. The summed E-state index contributed by atoms with van der Waals surface area (Å²) in [4.78, 5) is 11.9. The number of carbonyl (C=O) groups is 1. The molecule has 2 rings (SSSR count). The molecule has 1 heterocycles. The Bertz CT molecular complexity index is 508. The van der Waals surface area contributed by atoms with Crippen LogP contribution in [0.2, 0.25) is 5.02 Å². The van der Waals surface area contributed by atoms with Gasteiger partial charge in [0, 0.05) is 5.02 Å². The number of hydrazine groups is 1. The van der Waals surface area contributed by atoms with Crippen molar-refractivity contribution in [1.29, 1.82) is 0 Å². The molecule has 0 spiro atoms. The smallest absolute Gasteiger partial charge is 0.422 e. The van der Waals surface area contributed by atoms with Gasteiger partial charge in [0.1, 0.15) is 5.60 Å². The summed E-state index contributed by atoms with van der Waals surface area (Å²) >= 11 is 5.98. The second-order valence-corrected chi connectivity index (χ2v) is 7.32. The van der Waals surface area contributed by atoms with E-state index in [4.69, 9.17) is 16.3 Å². The Labute approximate surface area is 143 Å². The molecule has 1 fully saturated rings. The Hall–Kier alpha value is -1.30. The number of rotatable bonds is 4. The quantitative estimate of drug-likeness (QED) is 0.736. The van der Waals surface area contributed by atoms with Crippen molar-refractivity contribution in [3.63, 3.8) is 0 Å². The van der Waals surface area contributed by atoms with E-state index in [0.717, 1.165) is 31.5 Å². The number of carbonyl (C=O) groups excluding carboxylic acids is 1. The van der Waals surface area contributed by atoms with Crippen molar-refractivity contribution in [2.45, 2.75) is 45.3 Å². The zero-order valence-electron chi connectivity index (χ0n) is 14.0. The third kappa shape index (κ3) is 6.01. The van der Waals surface area contributed by atoms with Crippen LogP contribution in [0, 0.1) is 5.92 Å². The van der Waals surface area contributed by atoms with Crippen LogP contribution in [-0.4, -0.2) is 24.8 Å². The molecular weight excluding hydrogens is 314 g/mol. The number of ether oxygens (including phenoxy) is 1. The number of hydrogen-bond donors (Lipinski definition) is 3. The molecule has 0 bridgehead atoms. The first kappa shape index (κ1) is 18.0. The van der Waals surface area contributed by atoms with Gasteiger partial charge in [-0.3, -0.25) is 5.43 Å². The lowest BCUT2D eigenvalue weighted by molar-refractivity contribution is 0.0475. The van der Waals surface area contributed by atoms with Gasteiger partial charge in [0.2, 0.25) is 0 Å². The third-order valence-corrected chi connectivity index (χ3v) is 4.06. The standard InChI is InChI=1S/C17H26ClN3O2/c1-17(2,3)23-16(22)21-20-15(13-8-10-19-11-9-13)12-4-6-14(18)7-5-12/h4-7,13,15,19-20H,8-11H2,1-3H3,(H,21,22)/t15-/m1/s1. The number of benzene rings is 1. The SMILES string of the molecule is CC(C)(C)OC(=O)NN[C@H](c1ccc(Cl)cc1)C1CCNCC1. The van der Waals surface area contributed by atoms with Gasteiger partial charge >= 0.3 is 6.09 Å². The van der Waals surface area contributed by atoms with Crippen LogP contribution in [0.25, 0.3) is 0 Å². The number of piperidine rings is 1. The van der Waals surface area contributed by atoms with Gasteiger partial charge in [0.25, 0.3) is 0 Å². The van der Waals surface area contributed by atoms with Gasteiger partial charge < -0.3 is 10.1 Å². The molecule has 128 valence electrons. The summed E-state index contributed by atoms with van der Waals surface area (Å²) in [5, 5.41) is 4.07. The molecule has 23 heavy (non-hydrogen) atoms. The van der Waals surface area contributed by atoms with E-state index in [1.54, 1.807) is 0 Å². The van der Waals surface area contributed by atoms with E-state index in [9.17, 15) is 4.79 Å². The van der Waals surface area contributed by atoms with Gasteiger partial charge in [-0.25, -0.2) is 10.2 Å². The molecule has 0 aliphatic carbocycles. The fourth-order valence-electron chi connectivity index (χ4n) is 2.76. The molecule has 1 aromatic carbocycles. The van der Waals surface area contributed by atoms with Crippen molar-refractivity contribution in [2.24, 2.45) is 5.92 Å². The molecule has 0 saturated carbocycles. The maximum Gasteiger partial charge on any atom is 0.422 e. The summed E-state index contributed by atoms with van der Waals surface area (Å²) < 4.78 is 5.28. The van der Waals surface area contributed by atoms with Gasteiger partial charge in [-0.05, 0) is 70.3 Å². The zero-order chi connectivity index (χ0) is 16.9. The van der Waals surface area contributed by atoms with E-state index in [1.807, 2.05) is 45.0 Å². The van der Waals surface area contributed by atoms with Crippen molar-refractivity contribution in [2.75, 3.05) is 13.1 Å². The van der Waals surface area contributed by atoms with Crippen LogP contribution in [0.15, 0.2) is 24.3 Å². The minimum Gasteiger partial charge on any atom is -0.443 e. The largest absolute Gasteiger partial charge is 0.443 e. The Morgan fingerprint density at radius 3 is 2.43 bits per heavy atom. The molecule has 6 heteroatoms. The molecule has 3 N–H and O–H groups in total. The van der Waals surface area contributed by atoms with Crippen molar-refractivity contribution >= 4 is 17.7 Å². The van der Waals surface area contributed by atoms with Gasteiger partial charge in [0.15, 0.2) is 0 Å². The monoisotopic (exact) mass is 339 g/mol. The van der Waals surface area contributed by atoms with Gasteiger partial charge in [-0.15, -0.1) is 0 Å². The molecule has 1 saturated heterocycles. The van der Waals surface area contributed by atoms with Crippen LogP contribution in [-0.2, 0) is 4.74 Å². The lowest BCUT2D eigenvalue weighted by Crippen LogP contribution is -2.46. The Balaban J connectivity index is 2.04. The fraction of sp³-hybridized carbons (Fsp3) is 0.588. The molecule has 0 radical (unpaired) electrons. The molecule has 0 unspecified atom stereocenters. The first-order chi connectivity index (χ1) is 10.8. The minimum atomic E-state index is -0.518. The highest BCUT2D eigenvalue weighted by molar-refractivity contribution is 6.30. The normalized spacial score (nSPS) is 17.6. The summed E-state index contributed by atoms with van der Waals surface area (Å²) in [6.45, 7) is 7.51. The van der Waals surface area contributed by atoms with Gasteiger partial charge in [-0.1, -0.05) is 23.7 Å². The topological polar surface area (TPSA) is 62.4 Å². The Morgan fingerprint density at radius 2 is 1.87 bits per heavy atom. The van der Waals surface area contributed by atoms with Crippen LogP contribution in [0.1, 0.15) is 45.2 Å². The maximum absolute atomic E-state index is 11.9. The highest BCUT2D eigenvalue weighted by Gasteiger charge is 2.26. The summed E-state index contributed by atoms with van der Waals surface area (Å²) in [6.07, 6.45) is 1.64. The van der Waals surface area contributed by atoms with E-state index < -0.39 is 11.7 Å². The predicted molar refractivity (Wildman–Crippen MR) is 92.3 cm³/mol. The lowest BCUT2D eigenvalue weighted by Gasteiger charge is -2.32. The summed E-state index contributed by atoms with van der Waals surface area (Å²) in [5.74, 6) is 0.437. The molecule has 1 aliphatic rings. The first-order valence-electron chi connectivity index (χ1n) is 8.06. The van der Waals surface area contributed by atoms with Crippen LogP contribution < -0.4 is 16.2 Å². The van der Waals surface area contributed by atoms with Crippen molar-refractivity contribution in [3.8, 4) is 0 Å². The highest BCUT2D eigenvalue weighted by Crippen LogP contribution is 2.29. The van der Waals surface area contributed by atoms with Crippen molar-refractivity contribution in [1.82, 2.24) is 16.2 Å². The van der Waals surface area contributed by atoms with Gasteiger partial charge in [0.05, 0.1) is 6.04 Å². The third-order valence-electron chi connectivity index (χ3n) is 3.81. The molecule has 1 aliphatic heterocycles. The van der Waals surface area contributed by atoms with Crippen molar-refractivity contribution in [3.05, 3.63) is 34.9 Å². The first-order valence-corrected chi connectivity index (χ1v) is 8.43. The zero-order valence-corrected chi connectivity index (χ0v) is 14.7. The van der Waals surface area contributed by atoms with E-state index in [0.29, 0.717) is 10.9 Å². The average Bonchev–Trinajstić information content (AvgIpc) is 2.48. The van der Waals surface area contributed by atoms with Crippen LogP contribution in [0.4, 0.5) is 4.79 Å². The van der Waals surface area contributed by atoms with Crippen LogP contribution >= 0.6 is 11.6 Å². The number of nitrogens with one attached hydrogen (secondary N) is 3. The minimum absolute atomic E-state index is 0.0295. The van der Waals surface area contributed by atoms with E-state index in [-0.39, 0.29) is 6.04 Å². The number of halogens is 1. The summed E-state index contributed by atoms with van der Waals surface area (Å²) in [7, 11) is 0. The van der Waals surface area contributed by atoms with E-state index >= 15 is 0 Å². The maximum atomic E-state index is 11.9. The highest BCUT2D eigenvalue weighted by atomic mass is 35.5. The number of hydrogen-bond acceptors (Lipinski definition) is 4. The molecule has 1 atom stereocenters. The molecule has 1 aromatic rings. The molecule has 0 aromatic heterocycles.